The number of carbonyl (C=O) groups excluding carboxylic acids is 2. The number of phenolic OH excluding ortho intramolecular Hbond substituents is 2. The van der Waals surface area contributed by atoms with Gasteiger partial charge in [-0.1, -0.05) is 37.6 Å². The van der Waals surface area contributed by atoms with Crippen molar-refractivity contribution in [3.8, 4) is 34.5 Å². The summed E-state index contributed by atoms with van der Waals surface area (Å²) in [5, 5.41) is 60.5. The molecule has 3 unspecified atom stereocenters. The van der Waals surface area contributed by atoms with Crippen LogP contribution in [-0.4, -0.2) is 82.8 Å². The van der Waals surface area contributed by atoms with Gasteiger partial charge >= 0.3 is 0 Å². The maximum absolute atomic E-state index is 13.6. The number of carbonyl (C=O) groups is 2. The van der Waals surface area contributed by atoms with Crippen molar-refractivity contribution < 1.29 is 49.0 Å². The minimum atomic E-state index is -2.09. The number of phenols is 2. The molecule has 14 nitrogen and oxygen atoms in total. The van der Waals surface area contributed by atoms with Gasteiger partial charge in [0.15, 0.2) is 24.7 Å². The first-order valence-electron chi connectivity index (χ1n) is 19.9. The zero-order chi connectivity index (χ0) is 42.5. The SMILES string of the molecule is CCCCOc1ccc(CC(C)(C)NC(C(O)c2ccc(O)c3c2OCC(=O)N3)C(O)(CNC(C)(C)Cc2ccc(OC)cc2)c2ccc(O)c3c2OCC(=O)N3)cc1. The number of ether oxygens (including phenoxy) is 4. The Morgan fingerprint density at radius 2 is 1.31 bits per heavy atom. The monoisotopic (exact) mass is 812 g/mol. The number of fused-ring (bicyclic) bond motifs is 2. The van der Waals surface area contributed by atoms with Crippen LogP contribution in [0.4, 0.5) is 11.4 Å². The highest BCUT2D eigenvalue weighted by Gasteiger charge is 2.49. The summed E-state index contributed by atoms with van der Waals surface area (Å²) in [6.45, 7) is 9.69. The van der Waals surface area contributed by atoms with Crippen molar-refractivity contribution in [2.45, 2.75) is 89.1 Å². The van der Waals surface area contributed by atoms with Crippen LogP contribution in [0.5, 0.6) is 34.5 Å². The van der Waals surface area contributed by atoms with E-state index >= 15 is 0 Å². The van der Waals surface area contributed by atoms with Gasteiger partial charge in [0, 0.05) is 28.7 Å². The number of rotatable bonds is 18. The number of nitrogens with one attached hydrogen (secondary N) is 4. The average Bonchev–Trinajstić information content (AvgIpc) is 3.20. The molecular weight excluding hydrogens is 757 g/mol. The molecule has 0 saturated carbocycles. The van der Waals surface area contributed by atoms with E-state index < -0.39 is 40.6 Å². The third kappa shape index (κ3) is 10.0. The minimum absolute atomic E-state index is 0.00703. The summed E-state index contributed by atoms with van der Waals surface area (Å²) >= 11 is 0. The number of benzene rings is 4. The predicted octanol–water partition coefficient (Wildman–Crippen LogP) is 5.46. The fourth-order valence-corrected chi connectivity index (χ4v) is 7.63. The van der Waals surface area contributed by atoms with E-state index in [1.165, 1.54) is 24.3 Å². The van der Waals surface area contributed by atoms with Gasteiger partial charge in [0.2, 0.25) is 0 Å². The number of unbranched alkanes of at least 4 members (excludes halogenated alkanes) is 1. The number of anilines is 2. The first-order valence-corrected chi connectivity index (χ1v) is 19.9. The van der Waals surface area contributed by atoms with Gasteiger partial charge in [0.1, 0.15) is 46.1 Å². The van der Waals surface area contributed by atoms with Crippen LogP contribution in [0.1, 0.15) is 75.8 Å². The third-order valence-electron chi connectivity index (χ3n) is 10.7. The molecule has 2 aliphatic heterocycles. The summed E-state index contributed by atoms with van der Waals surface area (Å²) in [7, 11) is 1.61. The lowest BCUT2D eigenvalue weighted by atomic mass is 9.77. The van der Waals surface area contributed by atoms with Crippen LogP contribution in [0.15, 0.2) is 72.8 Å². The highest BCUT2D eigenvalue weighted by Crippen LogP contribution is 2.49. The van der Waals surface area contributed by atoms with Crippen LogP contribution in [0.25, 0.3) is 0 Å². The smallest absolute Gasteiger partial charge is 0.262 e. The second kappa shape index (κ2) is 17.8. The molecule has 0 spiro atoms. The molecule has 4 aromatic carbocycles. The van der Waals surface area contributed by atoms with Crippen LogP contribution < -0.4 is 40.2 Å². The molecule has 0 saturated heterocycles. The van der Waals surface area contributed by atoms with E-state index in [4.69, 9.17) is 18.9 Å². The molecule has 0 aliphatic carbocycles. The number of β-amino-alcohol motifs (C(OH)–C–C–N with tert-alkyl or cyclic N) is 1. The van der Waals surface area contributed by atoms with E-state index in [9.17, 15) is 30.0 Å². The highest BCUT2D eigenvalue weighted by atomic mass is 16.5. The van der Waals surface area contributed by atoms with Crippen molar-refractivity contribution in [1.29, 1.82) is 0 Å². The van der Waals surface area contributed by atoms with Crippen LogP contribution >= 0.6 is 0 Å². The van der Waals surface area contributed by atoms with E-state index in [1.807, 2.05) is 76.2 Å². The lowest BCUT2D eigenvalue weighted by Gasteiger charge is -2.46. The molecule has 14 heteroatoms. The Morgan fingerprint density at radius 3 is 1.90 bits per heavy atom. The first-order chi connectivity index (χ1) is 28.0. The fraction of sp³-hybridized carbons (Fsp3) is 0.422. The van der Waals surface area contributed by atoms with Gasteiger partial charge < -0.3 is 60.6 Å². The molecule has 2 amide bonds. The molecule has 3 atom stereocenters. The van der Waals surface area contributed by atoms with Crippen LogP contribution in [-0.2, 0) is 28.0 Å². The molecular formula is C45H56N4O10. The molecule has 0 bridgehead atoms. The zero-order valence-corrected chi connectivity index (χ0v) is 34.5. The summed E-state index contributed by atoms with van der Waals surface area (Å²) in [6.07, 6.45) is 1.37. The third-order valence-corrected chi connectivity index (χ3v) is 10.7. The van der Waals surface area contributed by atoms with Crippen molar-refractivity contribution in [2.75, 3.05) is 44.1 Å². The molecule has 6 rings (SSSR count). The Kier molecular flexibility index (Phi) is 13.0. The molecule has 0 aromatic heterocycles. The molecule has 59 heavy (non-hydrogen) atoms. The van der Waals surface area contributed by atoms with Gasteiger partial charge in [-0.25, -0.2) is 0 Å². The molecule has 316 valence electrons. The van der Waals surface area contributed by atoms with Gasteiger partial charge in [-0.2, -0.15) is 0 Å². The number of aromatic hydroxyl groups is 2. The number of hydrogen-bond donors (Lipinski definition) is 8. The van der Waals surface area contributed by atoms with Crippen molar-refractivity contribution in [1.82, 2.24) is 10.6 Å². The quantitative estimate of drug-likeness (QED) is 0.0467. The van der Waals surface area contributed by atoms with Gasteiger partial charge in [-0.05, 0) is 107 Å². The van der Waals surface area contributed by atoms with Crippen LogP contribution in [0, 0.1) is 0 Å². The summed E-state index contributed by atoms with van der Waals surface area (Å²) in [5.74, 6) is 0.0696. The van der Waals surface area contributed by atoms with Gasteiger partial charge in [-0.3, -0.25) is 9.59 Å². The fourth-order valence-electron chi connectivity index (χ4n) is 7.63. The Hall–Kier alpha value is -5.54. The summed E-state index contributed by atoms with van der Waals surface area (Å²) in [4.78, 5) is 24.9. The maximum atomic E-state index is 13.6. The molecule has 2 heterocycles. The maximum Gasteiger partial charge on any atom is 0.262 e. The van der Waals surface area contributed by atoms with E-state index in [-0.39, 0.29) is 65.3 Å². The van der Waals surface area contributed by atoms with E-state index in [0.717, 1.165) is 35.5 Å². The van der Waals surface area contributed by atoms with Crippen molar-refractivity contribution >= 4 is 23.2 Å². The normalized spacial score (nSPS) is 15.9. The Labute approximate surface area is 344 Å². The lowest BCUT2D eigenvalue weighted by molar-refractivity contribution is -0.119. The van der Waals surface area contributed by atoms with Gasteiger partial charge in [0.05, 0.1) is 19.8 Å². The number of hydrogen-bond acceptors (Lipinski definition) is 12. The van der Waals surface area contributed by atoms with Crippen LogP contribution in [0.3, 0.4) is 0 Å². The highest BCUT2D eigenvalue weighted by molar-refractivity contribution is 5.98. The molecule has 8 N–H and O–H groups in total. The topological polar surface area (TPSA) is 200 Å². The Balaban J connectivity index is 1.45. The largest absolute Gasteiger partial charge is 0.506 e. The van der Waals surface area contributed by atoms with E-state index in [2.05, 4.69) is 28.2 Å². The van der Waals surface area contributed by atoms with Crippen molar-refractivity contribution in [3.63, 3.8) is 0 Å². The number of methoxy groups -OCH3 is 1. The second-order valence-corrected chi connectivity index (χ2v) is 16.5. The minimum Gasteiger partial charge on any atom is -0.506 e. The predicted molar refractivity (Wildman–Crippen MR) is 224 cm³/mol. The second-order valence-electron chi connectivity index (χ2n) is 16.5. The number of amides is 2. The molecule has 0 radical (unpaired) electrons. The van der Waals surface area contributed by atoms with Crippen molar-refractivity contribution in [2.24, 2.45) is 0 Å². The standard InChI is InChI=1S/C45H56N4O10/c1-7-8-21-57-30-15-11-28(12-16-30)23-44(4,5)49-42(39(54)31-17-19-33(50)37-40(31)58-24-35(52)47-37)45(55,32-18-20-34(51)38-41(32)59-25-36(53)48-38)26-46-43(2,3)22-27-9-13-29(56-6)14-10-27/h9-20,39,42,46,49-51,54-55H,7-8,21-26H2,1-6H3,(H,47,52)(H,48,53). The average molecular weight is 813 g/mol. The molecule has 0 fully saturated rings. The number of aliphatic hydroxyl groups excluding tert-OH is 1. The van der Waals surface area contributed by atoms with Crippen molar-refractivity contribution in [3.05, 3.63) is 95.1 Å². The number of aliphatic hydroxyl groups is 2. The summed E-state index contributed by atoms with van der Waals surface area (Å²) < 4.78 is 23.0. The van der Waals surface area contributed by atoms with Gasteiger partial charge in [-0.15, -0.1) is 0 Å². The van der Waals surface area contributed by atoms with E-state index in [0.29, 0.717) is 19.4 Å². The zero-order valence-electron chi connectivity index (χ0n) is 34.5. The van der Waals surface area contributed by atoms with Crippen LogP contribution in [0.2, 0.25) is 0 Å². The summed E-state index contributed by atoms with van der Waals surface area (Å²) in [6, 6.07) is 19.9. The molecule has 4 aromatic rings. The first kappa shape index (κ1) is 43.0. The summed E-state index contributed by atoms with van der Waals surface area (Å²) in [5.41, 5.74) is -1.28. The molecule has 2 aliphatic rings. The van der Waals surface area contributed by atoms with E-state index in [1.54, 1.807) is 7.11 Å². The lowest BCUT2D eigenvalue weighted by Crippen LogP contribution is -2.63. The van der Waals surface area contributed by atoms with Gasteiger partial charge in [0.25, 0.3) is 11.8 Å². The Morgan fingerprint density at radius 1 is 0.763 bits per heavy atom. The Bertz CT molecular complexity index is 2120.